The monoisotopic (exact) mass is 421 g/mol. The van der Waals surface area contributed by atoms with Crippen LogP contribution in [0.25, 0.3) is 0 Å². The first-order chi connectivity index (χ1) is 15.2. The van der Waals surface area contributed by atoms with Gasteiger partial charge in [0.1, 0.15) is 17.3 Å². The van der Waals surface area contributed by atoms with Crippen molar-refractivity contribution >= 4 is 17.7 Å². The molecule has 1 N–H and O–H groups in total. The molecule has 2 amide bonds. The molecule has 0 radical (unpaired) electrons. The van der Waals surface area contributed by atoms with Gasteiger partial charge in [0.15, 0.2) is 0 Å². The molecular formula is C23H27N5O3. The van der Waals surface area contributed by atoms with E-state index >= 15 is 0 Å². The Bertz CT molecular complexity index is 1050. The minimum Gasteiger partial charge on any atom is -0.497 e. The highest BCUT2D eigenvalue weighted by molar-refractivity contribution is 6.01. The van der Waals surface area contributed by atoms with Gasteiger partial charge in [0.2, 0.25) is 5.95 Å². The Morgan fingerprint density at radius 3 is 2.77 bits per heavy atom. The fraction of sp³-hybridized carbons (Fsp3) is 0.348. The van der Waals surface area contributed by atoms with Crippen molar-refractivity contribution in [2.45, 2.75) is 38.8 Å². The van der Waals surface area contributed by atoms with Crippen molar-refractivity contribution in [3.63, 3.8) is 0 Å². The average molecular weight is 422 g/mol. The minimum absolute atomic E-state index is 0.299. The smallest absolute Gasteiger partial charge is 0.329 e. The van der Waals surface area contributed by atoms with E-state index < -0.39 is 0 Å². The Balaban J connectivity index is 1.68. The minimum atomic E-state index is -0.299. The number of carbonyl (C=O) groups is 1. The maximum absolute atomic E-state index is 13.5. The quantitative estimate of drug-likeness (QED) is 0.643. The SMILES string of the molecule is COc1cccc(CN(C(=O)Nc2ccccc2OC)c2nnc3n2CCCCC3)c1. The standard InChI is InChI=1S/C23H27N5O3/c1-30-18-10-8-9-17(15-18)16-28(22-26-25-21-13-4-3-7-14-27(21)22)23(29)24-19-11-5-6-12-20(19)31-2/h5-6,8-12,15H,3-4,7,13-14,16H2,1-2H3,(H,24,29). The van der Waals surface area contributed by atoms with Crippen molar-refractivity contribution < 1.29 is 14.3 Å². The molecular weight excluding hydrogens is 394 g/mol. The molecule has 0 aliphatic carbocycles. The van der Waals surface area contributed by atoms with E-state index in [1.54, 1.807) is 19.1 Å². The molecule has 0 bridgehead atoms. The van der Waals surface area contributed by atoms with Gasteiger partial charge in [-0.05, 0) is 42.7 Å². The van der Waals surface area contributed by atoms with Gasteiger partial charge in [-0.2, -0.15) is 0 Å². The number of fused-ring (bicyclic) bond motifs is 1. The van der Waals surface area contributed by atoms with Crippen LogP contribution in [-0.4, -0.2) is 35.0 Å². The summed E-state index contributed by atoms with van der Waals surface area (Å²) in [4.78, 5) is 15.1. The van der Waals surface area contributed by atoms with Crippen LogP contribution in [-0.2, 0) is 19.5 Å². The van der Waals surface area contributed by atoms with Crippen LogP contribution in [0.3, 0.4) is 0 Å². The molecule has 0 unspecified atom stereocenters. The van der Waals surface area contributed by atoms with E-state index in [1.165, 1.54) is 0 Å². The number of hydrogen-bond donors (Lipinski definition) is 1. The Morgan fingerprint density at radius 1 is 1.06 bits per heavy atom. The van der Waals surface area contributed by atoms with E-state index in [1.807, 2.05) is 48.5 Å². The fourth-order valence-electron chi connectivity index (χ4n) is 3.79. The molecule has 0 saturated carbocycles. The van der Waals surface area contributed by atoms with Gasteiger partial charge in [0.05, 0.1) is 26.5 Å². The number of ether oxygens (including phenoxy) is 2. The fourth-order valence-corrected chi connectivity index (χ4v) is 3.79. The predicted molar refractivity (Wildman–Crippen MR) is 119 cm³/mol. The highest BCUT2D eigenvalue weighted by Gasteiger charge is 2.25. The summed E-state index contributed by atoms with van der Waals surface area (Å²) < 4.78 is 12.8. The number of amides is 2. The second-order valence-corrected chi connectivity index (χ2v) is 7.45. The summed E-state index contributed by atoms with van der Waals surface area (Å²) in [5.41, 5.74) is 1.53. The number of nitrogens with zero attached hydrogens (tertiary/aromatic N) is 4. The van der Waals surface area contributed by atoms with Crippen LogP contribution >= 0.6 is 0 Å². The number of aromatic nitrogens is 3. The highest BCUT2D eigenvalue weighted by Crippen LogP contribution is 2.27. The zero-order valence-corrected chi connectivity index (χ0v) is 17.9. The van der Waals surface area contributed by atoms with E-state index in [9.17, 15) is 4.79 Å². The number of aryl methyl sites for hydroxylation is 1. The van der Waals surface area contributed by atoms with Gasteiger partial charge >= 0.3 is 6.03 Å². The molecule has 2 heterocycles. The Morgan fingerprint density at radius 2 is 1.94 bits per heavy atom. The molecule has 4 rings (SSSR count). The van der Waals surface area contributed by atoms with Crippen LogP contribution in [0, 0.1) is 0 Å². The lowest BCUT2D eigenvalue weighted by Crippen LogP contribution is -2.36. The summed E-state index contributed by atoms with van der Waals surface area (Å²) in [6, 6.07) is 14.7. The molecule has 8 nitrogen and oxygen atoms in total. The Labute approximate surface area is 181 Å². The predicted octanol–water partition coefficient (Wildman–Crippen LogP) is 4.26. The summed E-state index contributed by atoms with van der Waals surface area (Å²) in [6.07, 6.45) is 4.14. The number of methoxy groups -OCH3 is 2. The van der Waals surface area contributed by atoms with Crippen molar-refractivity contribution in [3.8, 4) is 11.5 Å². The largest absolute Gasteiger partial charge is 0.497 e. The van der Waals surface area contributed by atoms with E-state index in [0.717, 1.165) is 49.4 Å². The van der Waals surface area contributed by atoms with Crippen LogP contribution in [0.1, 0.15) is 30.7 Å². The second kappa shape index (κ2) is 9.51. The number of rotatable bonds is 6. The van der Waals surface area contributed by atoms with Crippen LogP contribution < -0.4 is 19.7 Å². The van der Waals surface area contributed by atoms with Crippen molar-refractivity contribution in [1.29, 1.82) is 0 Å². The maximum atomic E-state index is 13.5. The van der Waals surface area contributed by atoms with Crippen molar-refractivity contribution in [2.75, 3.05) is 24.4 Å². The number of nitrogens with one attached hydrogen (secondary N) is 1. The number of para-hydroxylation sites is 2. The summed E-state index contributed by atoms with van der Waals surface area (Å²) >= 11 is 0. The molecule has 0 fully saturated rings. The second-order valence-electron chi connectivity index (χ2n) is 7.45. The summed E-state index contributed by atoms with van der Waals surface area (Å²) in [7, 11) is 3.21. The van der Waals surface area contributed by atoms with Crippen LogP contribution in [0.5, 0.6) is 11.5 Å². The highest BCUT2D eigenvalue weighted by atomic mass is 16.5. The normalized spacial score (nSPS) is 13.1. The zero-order chi connectivity index (χ0) is 21.6. The zero-order valence-electron chi connectivity index (χ0n) is 17.9. The van der Waals surface area contributed by atoms with Gasteiger partial charge in [0.25, 0.3) is 0 Å². The summed E-state index contributed by atoms with van der Waals surface area (Å²) in [6.45, 7) is 1.13. The number of hydrogen-bond acceptors (Lipinski definition) is 5. The van der Waals surface area contributed by atoms with Gasteiger partial charge in [0, 0.05) is 13.0 Å². The molecule has 1 aliphatic heterocycles. The number of carbonyl (C=O) groups excluding carboxylic acids is 1. The first kappa shape index (κ1) is 20.7. The van der Waals surface area contributed by atoms with Gasteiger partial charge in [-0.25, -0.2) is 4.79 Å². The van der Waals surface area contributed by atoms with E-state index in [-0.39, 0.29) is 6.03 Å². The molecule has 31 heavy (non-hydrogen) atoms. The molecule has 1 aliphatic rings. The number of urea groups is 1. The lowest BCUT2D eigenvalue weighted by molar-refractivity contribution is 0.256. The average Bonchev–Trinajstić information content (AvgIpc) is 3.05. The summed E-state index contributed by atoms with van der Waals surface area (Å²) in [5, 5.41) is 11.7. The van der Waals surface area contributed by atoms with E-state index in [0.29, 0.717) is 23.9 Å². The van der Waals surface area contributed by atoms with Gasteiger partial charge in [-0.15, -0.1) is 10.2 Å². The third kappa shape index (κ3) is 4.63. The van der Waals surface area contributed by atoms with Crippen molar-refractivity contribution in [1.82, 2.24) is 14.8 Å². The van der Waals surface area contributed by atoms with Crippen molar-refractivity contribution in [2.24, 2.45) is 0 Å². The van der Waals surface area contributed by atoms with Gasteiger partial charge in [-0.3, -0.25) is 9.47 Å². The first-order valence-corrected chi connectivity index (χ1v) is 10.5. The van der Waals surface area contributed by atoms with Crippen LogP contribution in [0.4, 0.5) is 16.4 Å². The number of benzene rings is 2. The van der Waals surface area contributed by atoms with E-state index in [4.69, 9.17) is 9.47 Å². The first-order valence-electron chi connectivity index (χ1n) is 10.5. The van der Waals surface area contributed by atoms with Crippen LogP contribution in [0.2, 0.25) is 0 Å². The van der Waals surface area contributed by atoms with Crippen LogP contribution in [0.15, 0.2) is 48.5 Å². The topological polar surface area (TPSA) is 81.5 Å². The third-order valence-electron chi connectivity index (χ3n) is 5.40. The third-order valence-corrected chi connectivity index (χ3v) is 5.40. The molecule has 0 spiro atoms. The Kier molecular flexibility index (Phi) is 6.35. The lowest BCUT2D eigenvalue weighted by Gasteiger charge is -2.23. The molecule has 8 heteroatoms. The lowest BCUT2D eigenvalue weighted by atomic mass is 10.2. The van der Waals surface area contributed by atoms with Gasteiger partial charge < -0.3 is 14.8 Å². The van der Waals surface area contributed by atoms with Crippen molar-refractivity contribution in [3.05, 3.63) is 59.9 Å². The number of anilines is 2. The maximum Gasteiger partial charge on any atom is 0.329 e. The molecule has 1 aromatic heterocycles. The summed E-state index contributed by atoms with van der Waals surface area (Å²) in [5.74, 6) is 2.81. The van der Waals surface area contributed by atoms with E-state index in [2.05, 4.69) is 20.1 Å². The molecule has 2 aromatic carbocycles. The molecule has 162 valence electrons. The van der Waals surface area contributed by atoms with Gasteiger partial charge in [-0.1, -0.05) is 30.7 Å². The molecule has 3 aromatic rings. The molecule has 0 saturated heterocycles. The molecule has 0 atom stereocenters. The Hall–Kier alpha value is -3.55.